The molecular weight excluding hydrogens is 266 g/mol. The molecular formula is C13H21NO4S. The molecule has 0 atom stereocenters. The summed E-state index contributed by atoms with van der Waals surface area (Å²) in [5.41, 5.74) is 1.05. The molecule has 0 heterocycles. The van der Waals surface area contributed by atoms with Crippen molar-refractivity contribution in [3.63, 3.8) is 0 Å². The summed E-state index contributed by atoms with van der Waals surface area (Å²) in [4.78, 5) is 0. The molecule has 1 aromatic rings. The van der Waals surface area contributed by atoms with Crippen molar-refractivity contribution in [1.29, 1.82) is 0 Å². The molecule has 0 bridgehead atoms. The van der Waals surface area contributed by atoms with Crippen LogP contribution >= 0.6 is 0 Å². The molecule has 0 saturated heterocycles. The zero-order valence-electron chi connectivity index (χ0n) is 11.6. The van der Waals surface area contributed by atoms with Crippen LogP contribution in [-0.2, 0) is 16.4 Å². The van der Waals surface area contributed by atoms with Crippen LogP contribution in [0.3, 0.4) is 0 Å². The van der Waals surface area contributed by atoms with Gasteiger partial charge in [0, 0.05) is 12.3 Å². The molecule has 0 spiro atoms. The van der Waals surface area contributed by atoms with E-state index in [2.05, 4.69) is 5.32 Å². The molecule has 5 nitrogen and oxygen atoms in total. The highest BCUT2D eigenvalue weighted by Crippen LogP contribution is 2.28. The average molecular weight is 287 g/mol. The van der Waals surface area contributed by atoms with Crippen LogP contribution < -0.4 is 14.8 Å². The number of rotatable bonds is 8. The summed E-state index contributed by atoms with van der Waals surface area (Å²) in [5, 5.41) is 3.05. The Hall–Kier alpha value is -1.27. The summed E-state index contributed by atoms with van der Waals surface area (Å²) in [6.07, 6.45) is 0. The van der Waals surface area contributed by atoms with E-state index in [9.17, 15) is 8.42 Å². The van der Waals surface area contributed by atoms with Gasteiger partial charge in [-0.3, -0.25) is 0 Å². The van der Waals surface area contributed by atoms with E-state index in [4.69, 9.17) is 9.47 Å². The second kappa shape index (κ2) is 7.35. The predicted molar refractivity (Wildman–Crippen MR) is 75.6 cm³/mol. The Balaban J connectivity index is 2.72. The summed E-state index contributed by atoms with van der Waals surface area (Å²) in [7, 11) is 0.410. The number of sulfone groups is 1. The third-order valence-electron chi connectivity index (χ3n) is 2.70. The number of nitrogens with one attached hydrogen (secondary N) is 1. The van der Waals surface area contributed by atoms with Crippen LogP contribution in [0.4, 0.5) is 0 Å². The first-order valence-electron chi connectivity index (χ1n) is 6.17. The van der Waals surface area contributed by atoms with Crippen molar-refractivity contribution in [2.45, 2.75) is 13.5 Å². The molecule has 108 valence electrons. The lowest BCUT2D eigenvalue weighted by atomic mass is 10.2. The van der Waals surface area contributed by atoms with Crippen molar-refractivity contribution in [3.8, 4) is 11.5 Å². The van der Waals surface area contributed by atoms with E-state index < -0.39 is 9.84 Å². The molecule has 0 unspecified atom stereocenters. The summed E-state index contributed by atoms with van der Waals surface area (Å²) in [6, 6.07) is 5.61. The molecule has 0 amide bonds. The largest absolute Gasteiger partial charge is 0.493 e. The van der Waals surface area contributed by atoms with Gasteiger partial charge in [0.05, 0.1) is 12.9 Å². The van der Waals surface area contributed by atoms with Gasteiger partial charge in [-0.1, -0.05) is 13.0 Å². The van der Waals surface area contributed by atoms with Gasteiger partial charge in [-0.25, -0.2) is 8.42 Å². The van der Waals surface area contributed by atoms with Crippen molar-refractivity contribution in [2.24, 2.45) is 0 Å². The van der Waals surface area contributed by atoms with Gasteiger partial charge in [0.15, 0.2) is 21.3 Å². The maximum absolute atomic E-state index is 11.4. The normalized spacial score (nSPS) is 11.3. The van der Waals surface area contributed by atoms with Gasteiger partial charge in [0.25, 0.3) is 0 Å². The van der Waals surface area contributed by atoms with Crippen molar-refractivity contribution >= 4 is 9.84 Å². The van der Waals surface area contributed by atoms with Gasteiger partial charge >= 0.3 is 0 Å². The molecule has 1 N–H and O–H groups in total. The number of benzene rings is 1. The fraction of sp³-hybridized carbons (Fsp3) is 0.538. The quantitative estimate of drug-likeness (QED) is 0.779. The van der Waals surface area contributed by atoms with Gasteiger partial charge in [0.1, 0.15) is 6.61 Å². The molecule has 0 radical (unpaired) electrons. The van der Waals surface area contributed by atoms with Crippen LogP contribution in [0.1, 0.15) is 12.5 Å². The first-order chi connectivity index (χ1) is 9.02. The highest BCUT2D eigenvalue weighted by atomic mass is 32.2. The topological polar surface area (TPSA) is 64.6 Å². The molecule has 1 aromatic carbocycles. The number of hydrogen-bond donors (Lipinski definition) is 1. The Morgan fingerprint density at radius 1 is 1.26 bits per heavy atom. The molecule has 0 aliphatic carbocycles. The van der Waals surface area contributed by atoms with Gasteiger partial charge in [-0.05, 0) is 24.7 Å². The Bertz CT molecular complexity index is 499. The minimum absolute atomic E-state index is 0.0168. The van der Waals surface area contributed by atoms with Crippen LogP contribution in [0.15, 0.2) is 18.2 Å². The molecule has 1 rings (SSSR count). The van der Waals surface area contributed by atoms with E-state index in [-0.39, 0.29) is 18.1 Å². The maximum atomic E-state index is 11.4. The van der Waals surface area contributed by atoms with Crippen LogP contribution in [0.25, 0.3) is 0 Å². The molecule has 0 saturated carbocycles. The SMILES string of the molecule is CCS(=O)(=O)CCOc1cc(CNC)ccc1OC. The fourth-order valence-corrected chi connectivity index (χ4v) is 2.20. The molecule has 0 aromatic heterocycles. The van der Waals surface area contributed by atoms with E-state index in [0.29, 0.717) is 18.0 Å². The molecule has 0 fully saturated rings. The lowest BCUT2D eigenvalue weighted by Crippen LogP contribution is -2.16. The van der Waals surface area contributed by atoms with Crippen LogP contribution in [0.2, 0.25) is 0 Å². The zero-order valence-corrected chi connectivity index (χ0v) is 12.4. The third-order valence-corrected chi connectivity index (χ3v) is 4.37. The second-order valence-electron chi connectivity index (χ2n) is 4.10. The van der Waals surface area contributed by atoms with E-state index in [1.807, 2.05) is 25.2 Å². The van der Waals surface area contributed by atoms with E-state index in [0.717, 1.165) is 5.56 Å². The van der Waals surface area contributed by atoms with Crippen molar-refractivity contribution in [3.05, 3.63) is 23.8 Å². The van der Waals surface area contributed by atoms with Crippen molar-refractivity contribution in [2.75, 3.05) is 32.3 Å². The van der Waals surface area contributed by atoms with Crippen LogP contribution in [-0.4, -0.2) is 40.7 Å². The molecule has 6 heteroatoms. The highest BCUT2D eigenvalue weighted by Gasteiger charge is 2.10. The lowest BCUT2D eigenvalue weighted by molar-refractivity contribution is 0.311. The average Bonchev–Trinajstić information content (AvgIpc) is 2.39. The summed E-state index contributed by atoms with van der Waals surface area (Å²) in [6.45, 7) is 2.48. The maximum Gasteiger partial charge on any atom is 0.161 e. The standard InChI is InChI=1S/C13H21NO4S/c1-4-19(15,16)8-7-18-13-9-11(10-14-2)5-6-12(13)17-3/h5-6,9,14H,4,7-8,10H2,1-3H3. The third kappa shape index (κ3) is 5.08. The van der Waals surface area contributed by atoms with Crippen LogP contribution in [0, 0.1) is 0 Å². The minimum Gasteiger partial charge on any atom is -0.493 e. The zero-order chi connectivity index (χ0) is 14.3. The Kier molecular flexibility index (Phi) is 6.11. The Morgan fingerprint density at radius 2 is 2.00 bits per heavy atom. The van der Waals surface area contributed by atoms with Gasteiger partial charge in [0.2, 0.25) is 0 Å². The minimum atomic E-state index is -3.01. The predicted octanol–water partition coefficient (Wildman–Crippen LogP) is 1.23. The molecule has 0 aliphatic heterocycles. The van der Waals surface area contributed by atoms with Crippen molar-refractivity contribution in [1.82, 2.24) is 5.32 Å². The smallest absolute Gasteiger partial charge is 0.161 e. The lowest BCUT2D eigenvalue weighted by Gasteiger charge is -2.12. The summed E-state index contributed by atoms with van der Waals surface area (Å²) >= 11 is 0. The second-order valence-corrected chi connectivity index (χ2v) is 6.57. The van der Waals surface area contributed by atoms with Crippen molar-refractivity contribution < 1.29 is 17.9 Å². The van der Waals surface area contributed by atoms with Gasteiger partial charge in [-0.15, -0.1) is 0 Å². The first kappa shape index (κ1) is 15.8. The van der Waals surface area contributed by atoms with E-state index >= 15 is 0 Å². The Labute approximate surface area is 114 Å². The van der Waals surface area contributed by atoms with Gasteiger partial charge < -0.3 is 14.8 Å². The number of ether oxygens (including phenoxy) is 2. The summed E-state index contributed by atoms with van der Waals surface area (Å²) in [5.74, 6) is 1.33. The number of methoxy groups -OCH3 is 1. The van der Waals surface area contributed by atoms with Gasteiger partial charge in [-0.2, -0.15) is 0 Å². The first-order valence-corrected chi connectivity index (χ1v) is 7.99. The summed E-state index contributed by atoms with van der Waals surface area (Å²) < 4.78 is 33.5. The molecule has 19 heavy (non-hydrogen) atoms. The fourth-order valence-electron chi connectivity index (χ4n) is 1.57. The molecule has 0 aliphatic rings. The van der Waals surface area contributed by atoms with Crippen LogP contribution in [0.5, 0.6) is 11.5 Å². The highest BCUT2D eigenvalue weighted by molar-refractivity contribution is 7.91. The Morgan fingerprint density at radius 3 is 2.58 bits per heavy atom. The van der Waals surface area contributed by atoms with E-state index in [1.54, 1.807) is 14.0 Å². The van der Waals surface area contributed by atoms with E-state index in [1.165, 1.54) is 0 Å². The monoisotopic (exact) mass is 287 g/mol. The number of hydrogen-bond acceptors (Lipinski definition) is 5.